The summed E-state index contributed by atoms with van der Waals surface area (Å²) in [6, 6.07) is -0.397. The molecule has 1 rings (SSSR count). The van der Waals surface area contributed by atoms with Crippen LogP contribution < -0.4 is 16.0 Å². The molecule has 0 bridgehead atoms. The monoisotopic (exact) mass is 498 g/mol. The Kier molecular flexibility index (Phi) is 11.3. The van der Waals surface area contributed by atoms with Crippen LogP contribution in [0, 0.1) is 0 Å². The fourth-order valence-electron chi connectivity index (χ4n) is 2.94. The van der Waals surface area contributed by atoms with Gasteiger partial charge in [0.15, 0.2) is 0 Å². The first-order valence-electron chi connectivity index (χ1n) is 11.5. The van der Waals surface area contributed by atoms with Crippen molar-refractivity contribution in [3.8, 4) is 0 Å². The van der Waals surface area contributed by atoms with Gasteiger partial charge in [-0.25, -0.2) is 4.79 Å². The third-order valence-corrected chi connectivity index (χ3v) is 6.04. The number of carbonyl (C=O) groups is 4. The van der Waals surface area contributed by atoms with Crippen LogP contribution in [-0.4, -0.2) is 80.8 Å². The molecule has 1 aliphatic heterocycles. The number of carbonyl (C=O) groups excluding carboxylic acids is 4. The third kappa shape index (κ3) is 9.61. The molecule has 3 amide bonds. The van der Waals surface area contributed by atoms with Gasteiger partial charge in [0.1, 0.15) is 0 Å². The van der Waals surface area contributed by atoms with E-state index in [2.05, 4.69) is 26.3 Å². The van der Waals surface area contributed by atoms with Gasteiger partial charge in [-0.2, -0.15) is 0 Å². The smallest absolute Gasteiger partial charge is 0.333 e. The minimum atomic E-state index is -0.762. The minimum absolute atomic E-state index is 0.0129. The molecule has 1 aliphatic rings. The van der Waals surface area contributed by atoms with Crippen molar-refractivity contribution in [2.24, 2.45) is 10.3 Å². The van der Waals surface area contributed by atoms with Gasteiger partial charge < -0.3 is 31.2 Å². The largest absolute Gasteiger partial charge is 0.411 e. The molecular formula is C22H38N6O7. The highest BCUT2D eigenvalue weighted by atomic mass is 16.7. The molecule has 13 nitrogen and oxygen atoms in total. The number of hydrogen-bond acceptors (Lipinski definition) is 11. The molecule has 5 N–H and O–H groups in total. The third-order valence-electron chi connectivity index (χ3n) is 6.04. The standard InChI is InChI=1S/C22H38N6O7/c1-14(26-33)21(3,4)23-12-16(13-24-22(5,6)15(2)27-34)25-17(29)8-7-9-20(32)35-28-18(30)10-11-19(28)31/h16,23-24,33-34H,7-13H2,1-6H3,(H,25,29). The molecule has 0 radical (unpaired) electrons. The number of hydroxylamine groups is 2. The quantitative estimate of drug-likeness (QED) is 0.0995. The Balaban J connectivity index is 2.65. The second-order valence-corrected chi connectivity index (χ2v) is 9.55. The van der Waals surface area contributed by atoms with Crippen molar-refractivity contribution in [1.29, 1.82) is 0 Å². The first-order valence-corrected chi connectivity index (χ1v) is 11.5. The lowest BCUT2D eigenvalue weighted by atomic mass is 9.98. The van der Waals surface area contributed by atoms with E-state index < -0.39 is 34.9 Å². The molecule has 0 aromatic heterocycles. The van der Waals surface area contributed by atoms with Gasteiger partial charge in [0.05, 0.1) is 28.5 Å². The van der Waals surface area contributed by atoms with E-state index in [1.54, 1.807) is 13.8 Å². The summed E-state index contributed by atoms with van der Waals surface area (Å²) in [5.74, 6) is -2.19. The van der Waals surface area contributed by atoms with Crippen molar-refractivity contribution in [2.75, 3.05) is 13.1 Å². The van der Waals surface area contributed by atoms with Gasteiger partial charge in [-0.05, 0) is 48.0 Å². The van der Waals surface area contributed by atoms with Gasteiger partial charge >= 0.3 is 5.97 Å². The first kappa shape index (κ1) is 30.0. The van der Waals surface area contributed by atoms with E-state index >= 15 is 0 Å². The van der Waals surface area contributed by atoms with E-state index in [0.717, 1.165) is 0 Å². The Bertz CT molecular complexity index is 803. The Morgan fingerprint density at radius 3 is 1.83 bits per heavy atom. The molecule has 35 heavy (non-hydrogen) atoms. The van der Waals surface area contributed by atoms with Crippen LogP contribution in [0.15, 0.2) is 10.3 Å². The maximum Gasteiger partial charge on any atom is 0.333 e. The van der Waals surface area contributed by atoms with Crippen molar-refractivity contribution >= 4 is 35.1 Å². The number of rotatable bonds is 14. The maximum absolute atomic E-state index is 12.5. The SMILES string of the molecule is CC(=NO)C(C)(C)NCC(CNC(C)(C)C(C)=NO)NC(=O)CCCC(=O)ON1C(=O)CCC1=O. The lowest BCUT2D eigenvalue weighted by Gasteiger charge is -2.32. The van der Waals surface area contributed by atoms with Crippen molar-refractivity contribution in [3.63, 3.8) is 0 Å². The molecule has 0 spiro atoms. The van der Waals surface area contributed by atoms with E-state index in [1.807, 2.05) is 27.7 Å². The van der Waals surface area contributed by atoms with E-state index in [-0.39, 0.29) is 38.0 Å². The van der Waals surface area contributed by atoms with Crippen molar-refractivity contribution in [1.82, 2.24) is 21.0 Å². The highest BCUT2D eigenvalue weighted by Gasteiger charge is 2.33. The molecule has 198 valence electrons. The Morgan fingerprint density at radius 1 is 0.943 bits per heavy atom. The molecule has 0 aromatic rings. The van der Waals surface area contributed by atoms with Gasteiger partial charge in [0.2, 0.25) is 5.91 Å². The van der Waals surface area contributed by atoms with E-state index in [4.69, 9.17) is 15.3 Å². The summed E-state index contributed by atoms with van der Waals surface area (Å²) in [7, 11) is 0. The fourth-order valence-corrected chi connectivity index (χ4v) is 2.94. The summed E-state index contributed by atoms with van der Waals surface area (Å²) in [4.78, 5) is 52.3. The van der Waals surface area contributed by atoms with Crippen LogP contribution in [0.1, 0.15) is 73.6 Å². The highest BCUT2D eigenvalue weighted by Crippen LogP contribution is 2.13. The Hall–Kier alpha value is -3.06. The van der Waals surface area contributed by atoms with Crippen LogP contribution in [0.5, 0.6) is 0 Å². The average molecular weight is 499 g/mol. The van der Waals surface area contributed by atoms with Crippen molar-refractivity contribution in [3.05, 3.63) is 0 Å². The summed E-state index contributed by atoms with van der Waals surface area (Å²) in [6.45, 7) is 11.3. The summed E-state index contributed by atoms with van der Waals surface area (Å²) in [6.07, 6.45) is 0.0779. The van der Waals surface area contributed by atoms with Gasteiger partial charge in [-0.1, -0.05) is 10.3 Å². The minimum Gasteiger partial charge on any atom is -0.411 e. The zero-order chi connectivity index (χ0) is 26.8. The van der Waals surface area contributed by atoms with Gasteiger partial charge in [-0.15, -0.1) is 5.06 Å². The molecule has 1 saturated heterocycles. The number of imide groups is 1. The first-order chi connectivity index (χ1) is 16.2. The topological polar surface area (TPSA) is 182 Å². The summed E-state index contributed by atoms with van der Waals surface area (Å²) in [5.41, 5.74) is -0.339. The summed E-state index contributed by atoms with van der Waals surface area (Å²) in [5, 5.41) is 34.5. The molecule has 13 heteroatoms. The lowest BCUT2D eigenvalue weighted by Crippen LogP contribution is -2.57. The molecular weight excluding hydrogens is 460 g/mol. The van der Waals surface area contributed by atoms with Crippen LogP contribution in [0.2, 0.25) is 0 Å². The predicted molar refractivity (Wildman–Crippen MR) is 127 cm³/mol. The number of nitrogens with one attached hydrogen (secondary N) is 3. The van der Waals surface area contributed by atoms with E-state index in [0.29, 0.717) is 29.6 Å². The van der Waals surface area contributed by atoms with Crippen molar-refractivity contribution < 1.29 is 34.4 Å². The van der Waals surface area contributed by atoms with Gasteiger partial charge in [0.25, 0.3) is 11.8 Å². The van der Waals surface area contributed by atoms with Crippen LogP contribution in [-0.2, 0) is 24.0 Å². The molecule has 0 aromatic carbocycles. The normalized spacial score (nSPS) is 16.5. The van der Waals surface area contributed by atoms with Crippen LogP contribution in [0.4, 0.5) is 0 Å². The second-order valence-electron chi connectivity index (χ2n) is 9.55. The van der Waals surface area contributed by atoms with Crippen LogP contribution in [0.3, 0.4) is 0 Å². The molecule has 0 unspecified atom stereocenters. The Morgan fingerprint density at radius 2 is 1.40 bits per heavy atom. The zero-order valence-electron chi connectivity index (χ0n) is 21.3. The van der Waals surface area contributed by atoms with Crippen LogP contribution >= 0.6 is 0 Å². The molecule has 0 aliphatic carbocycles. The summed E-state index contributed by atoms with van der Waals surface area (Å²) < 4.78 is 0. The zero-order valence-corrected chi connectivity index (χ0v) is 21.3. The second kappa shape index (κ2) is 13.1. The van der Waals surface area contributed by atoms with E-state index in [9.17, 15) is 19.2 Å². The lowest BCUT2D eigenvalue weighted by molar-refractivity contribution is -0.197. The average Bonchev–Trinajstić information content (AvgIpc) is 3.11. The molecule has 1 heterocycles. The summed E-state index contributed by atoms with van der Waals surface area (Å²) >= 11 is 0. The number of nitrogens with zero attached hydrogens (tertiary/aromatic N) is 3. The molecule has 0 atom stereocenters. The van der Waals surface area contributed by atoms with Gasteiger partial charge in [-0.3, -0.25) is 14.4 Å². The number of oxime groups is 2. The molecule has 1 fully saturated rings. The highest BCUT2D eigenvalue weighted by molar-refractivity contribution is 6.01. The van der Waals surface area contributed by atoms with Crippen LogP contribution in [0.25, 0.3) is 0 Å². The Labute approximate surface area is 205 Å². The van der Waals surface area contributed by atoms with E-state index in [1.165, 1.54) is 0 Å². The predicted octanol–water partition coefficient (Wildman–Crippen LogP) is 0.685. The number of amides is 3. The fraction of sp³-hybridized carbons (Fsp3) is 0.727. The van der Waals surface area contributed by atoms with Crippen molar-refractivity contribution in [2.45, 2.75) is 90.8 Å². The maximum atomic E-state index is 12.5. The molecule has 0 saturated carbocycles. The number of hydrogen-bond donors (Lipinski definition) is 5. The van der Waals surface area contributed by atoms with Gasteiger partial charge in [0, 0.05) is 38.8 Å².